The average molecular weight is 280 g/mol. The first-order valence-corrected chi connectivity index (χ1v) is 7.99. The van der Waals surface area contributed by atoms with Crippen LogP contribution in [0.3, 0.4) is 0 Å². The fraction of sp³-hybridized carbons (Fsp3) is 0.500. The van der Waals surface area contributed by atoms with Gasteiger partial charge < -0.3 is 5.32 Å². The average Bonchev–Trinajstić information content (AvgIpc) is 2.95. The highest BCUT2D eigenvalue weighted by molar-refractivity contribution is 7.10. The second kappa shape index (κ2) is 5.95. The molecule has 18 heavy (non-hydrogen) atoms. The molecule has 0 saturated heterocycles. The summed E-state index contributed by atoms with van der Waals surface area (Å²) in [5, 5.41) is 8.95. The summed E-state index contributed by atoms with van der Waals surface area (Å²) < 4.78 is 0. The molecule has 0 aliphatic rings. The van der Waals surface area contributed by atoms with Crippen molar-refractivity contribution in [2.45, 2.75) is 39.2 Å². The molecule has 0 amide bonds. The topological polar surface area (TPSA) is 24.9 Å². The molecule has 2 aromatic heterocycles. The summed E-state index contributed by atoms with van der Waals surface area (Å²) in [6, 6.07) is 4.30. The molecule has 2 aromatic rings. The van der Waals surface area contributed by atoms with Gasteiger partial charge in [0.15, 0.2) is 0 Å². The first-order valence-electron chi connectivity index (χ1n) is 6.24. The largest absolute Gasteiger partial charge is 0.310 e. The minimum Gasteiger partial charge on any atom is -0.310 e. The van der Waals surface area contributed by atoms with Gasteiger partial charge in [0.05, 0.1) is 5.69 Å². The lowest BCUT2D eigenvalue weighted by atomic mass is 9.93. The summed E-state index contributed by atoms with van der Waals surface area (Å²) >= 11 is 3.58. The van der Waals surface area contributed by atoms with Crippen molar-refractivity contribution in [3.8, 4) is 0 Å². The van der Waals surface area contributed by atoms with Crippen LogP contribution in [-0.2, 0) is 18.4 Å². The minimum atomic E-state index is 0.158. The van der Waals surface area contributed by atoms with Crippen molar-refractivity contribution in [2.75, 3.05) is 6.54 Å². The number of nitrogens with zero attached hydrogens (tertiary/aromatic N) is 1. The fourth-order valence-corrected chi connectivity index (χ4v) is 3.30. The number of hydrogen-bond donors (Lipinski definition) is 1. The maximum atomic E-state index is 4.67. The third-order valence-corrected chi connectivity index (χ3v) is 4.51. The van der Waals surface area contributed by atoms with Crippen LogP contribution in [0.15, 0.2) is 22.9 Å². The van der Waals surface area contributed by atoms with Crippen LogP contribution in [-0.4, -0.2) is 11.5 Å². The van der Waals surface area contributed by atoms with E-state index >= 15 is 0 Å². The van der Waals surface area contributed by atoms with Crippen LogP contribution in [0.4, 0.5) is 0 Å². The van der Waals surface area contributed by atoms with E-state index in [0.29, 0.717) is 0 Å². The molecule has 0 bridgehead atoms. The Morgan fingerprint density at radius 3 is 2.72 bits per heavy atom. The van der Waals surface area contributed by atoms with Crippen LogP contribution in [0.25, 0.3) is 0 Å². The maximum absolute atomic E-state index is 4.67. The van der Waals surface area contributed by atoms with Gasteiger partial charge in [-0.1, -0.05) is 26.8 Å². The van der Waals surface area contributed by atoms with Crippen LogP contribution in [0, 0.1) is 0 Å². The molecule has 0 atom stereocenters. The SMILES string of the molecule is CC(C)(C)c1csc(CNCCc2cccs2)n1. The van der Waals surface area contributed by atoms with E-state index in [-0.39, 0.29) is 5.41 Å². The molecule has 0 aromatic carbocycles. The molecule has 0 saturated carbocycles. The first kappa shape index (κ1) is 13.7. The van der Waals surface area contributed by atoms with Crippen molar-refractivity contribution in [3.63, 3.8) is 0 Å². The van der Waals surface area contributed by atoms with Gasteiger partial charge in [-0.15, -0.1) is 22.7 Å². The van der Waals surface area contributed by atoms with Crippen molar-refractivity contribution in [3.05, 3.63) is 38.5 Å². The Morgan fingerprint density at radius 1 is 1.28 bits per heavy atom. The zero-order valence-electron chi connectivity index (χ0n) is 11.2. The quantitative estimate of drug-likeness (QED) is 0.842. The van der Waals surface area contributed by atoms with Crippen molar-refractivity contribution >= 4 is 22.7 Å². The predicted octanol–water partition coefficient (Wildman–Crippen LogP) is 3.83. The van der Waals surface area contributed by atoms with Gasteiger partial charge in [-0.25, -0.2) is 4.98 Å². The molecule has 0 aliphatic carbocycles. The smallest absolute Gasteiger partial charge is 0.107 e. The van der Waals surface area contributed by atoms with Gasteiger partial charge in [-0.05, 0) is 17.9 Å². The van der Waals surface area contributed by atoms with Gasteiger partial charge >= 0.3 is 0 Å². The van der Waals surface area contributed by atoms with Crippen molar-refractivity contribution in [2.24, 2.45) is 0 Å². The van der Waals surface area contributed by atoms with Crippen molar-refractivity contribution in [1.29, 1.82) is 0 Å². The Balaban J connectivity index is 1.75. The normalized spacial score (nSPS) is 11.9. The zero-order chi connectivity index (χ0) is 13.0. The summed E-state index contributed by atoms with van der Waals surface area (Å²) in [4.78, 5) is 6.12. The van der Waals surface area contributed by atoms with E-state index in [2.05, 4.69) is 54.0 Å². The highest BCUT2D eigenvalue weighted by atomic mass is 32.1. The Labute approximate surface area is 117 Å². The van der Waals surface area contributed by atoms with Crippen LogP contribution in [0.1, 0.15) is 36.3 Å². The van der Waals surface area contributed by atoms with E-state index in [9.17, 15) is 0 Å². The van der Waals surface area contributed by atoms with Crippen LogP contribution >= 0.6 is 22.7 Å². The molecule has 0 radical (unpaired) electrons. The molecule has 0 aliphatic heterocycles. The number of aromatic nitrogens is 1. The van der Waals surface area contributed by atoms with E-state index in [1.54, 1.807) is 11.3 Å². The van der Waals surface area contributed by atoms with Crippen molar-refractivity contribution < 1.29 is 0 Å². The second-order valence-corrected chi connectivity index (χ2v) is 7.36. The monoisotopic (exact) mass is 280 g/mol. The summed E-state index contributed by atoms with van der Waals surface area (Å²) in [7, 11) is 0. The van der Waals surface area contributed by atoms with Crippen LogP contribution < -0.4 is 5.32 Å². The highest BCUT2D eigenvalue weighted by Crippen LogP contribution is 2.23. The molecular weight excluding hydrogens is 260 g/mol. The third kappa shape index (κ3) is 3.90. The Morgan fingerprint density at radius 2 is 2.11 bits per heavy atom. The molecule has 2 nitrogen and oxygen atoms in total. The number of rotatable bonds is 5. The number of thiazole rings is 1. The molecule has 4 heteroatoms. The molecule has 1 N–H and O–H groups in total. The lowest BCUT2D eigenvalue weighted by molar-refractivity contribution is 0.568. The van der Waals surface area contributed by atoms with Gasteiger partial charge in [0.1, 0.15) is 5.01 Å². The van der Waals surface area contributed by atoms with E-state index in [0.717, 1.165) is 19.5 Å². The Hall–Kier alpha value is -0.710. The van der Waals surface area contributed by atoms with E-state index in [4.69, 9.17) is 0 Å². The molecule has 0 unspecified atom stereocenters. The van der Waals surface area contributed by atoms with Gasteiger partial charge in [-0.3, -0.25) is 0 Å². The van der Waals surface area contributed by atoms with Crippen LogP contribution in [0.5, 0.6) is 0 Å². The number of nitrogens with one attached hydrogen (secondary N) is 1. The standard InChI is InChI=1S/C14H20N2S2/c1-14(2,3)12-10-18-13(16-12)9-15-7-6-11-5-4-8-17-11/h4-5,8,10,15H,6-7,9H2,1-3H3. The van der Waals surface area contributed by atoms with E-state index in [1.165, 1.54) is 15.6 Å². The molecule has 2 rings (SSSR count). The minimum absolute atomic E-state index is 0.158. The summed E-state index contributed by atoms with van der Waals surface area (Å²) in [5.74, 6) is 0. The predicted molar refractivity (Wildman–Crippen MR) is 80.5 cm³/mol. The van der Waals surface area contributed by atoms with Gasteiger partial charge in [0.2, 0.25) is 0 Å². The summed E-state index contributed by atoms with van der Waals surface area (Å²) in [6.45, 7) is 8.51. The number of hydrogen-bond acceptors (Lipinski definition) is 4. The Bertz CT molecular complexity index is 466. The molecule has 0 fully saturated rings. The van der Waals surface area contributed by atoms with E-state index in [1.807, 2.05) is 11.3 Å². The fourth-order valence-electron chi connectivity index (χ4n) is 1.60. The molecule has 2 heterocycles. The summed E-state index contributed by atoms with van der Waals surface area (Å²) in [5.41, 5.74) is 1.36. The second-order valence-electron chi connectivity index (χ2n) is 5.38. The first-order chi connectivity index (χ1) is 8.55. The third-order valence-electron chi connectivity index (χ3n) is 2.72. The Kier molecular flexibility index (Phi) is 4.54. The zero-order valence-corrected chi connectivity index (χ0v) is 12.8. The highest BCUT2D eigenvalue weighted by Gasteiger charge is 2.16. The summed E-state index contributed by atoms with van der Waals surface area (Å²) in [6.07, 6.45) is 1.11. The van der Waals surface area contributed by atoms with Crippen molar-refractivity contribution in [1.82, 2.24) is 10.3 Å². The van der Waals surface area contributed by atoms with E-state index < -0.39 is 0 Å². The lowest BCUT2D eigenvalue weighted by Crippen LogP contribution is -2.17. The van der Waals surface area contributed by atoms with Crippen LogP contribution in [0.2, 0.25) is 0 Å². The van der Waals surface area contributed by atoms with Gasteiger partial charge in [0.25, 0.3) is 0 Å². The molecular formula is C14H20N2S2. The van der Waals surface area contributed by atoms with Gasteiger partial charge in [-0.2, -0.15) is 0 Å². The molecule has 0 spiro atoms. The lowest BCUT2D eigenvalue weighted by Gasteiger charge is -2.14. The number of thiophene rings is 1. The van der Waals surface area contributed by atoms with Gasteiger partial charge in [0, 0.05) is 28.8 Å². The molecule has 98 valence electrons. The maximum Gasteiger partial charge on any atom is 0.107 e.